The molecule has 0 aliphatic rings. The van der Waals surface area contributed by atoms with E-state index in [0.717, 1.165) is 0 Å². The molecule has 0 aliphatic carbocycles. The summed E-state index contributed by atoms with van der Waals surface area (Å²) in [5.74, 6) is 0.799. The van der Waals surface area contributed by atoms with E-state index in [1.165, 1.54) is 0 Å². The van der Waals surface area contributed by atoms with E-state index in [1.807, 2.05) is 13.8 Å². The number of aromatic nitrogens is 4. The normalized spacial score (nSPS) is 13.2. The summed E-state index contributed by atoms with van der Waals surface area (Å²) >= 11 is 0. The van der Waals surface area contributed by atoms with Crippen LogP contribution in [0.5, 0.6) is 0 Å². The highest BCUT2D eigenvalue weighted by Crippen LogP contribution is 2.15. The summed E-state index contributed by atoms with van der Waals surface area (Å²) in [4.78, 5) is 4.18. The van der Waals surface area contributed by atoms with Crippen molar-refractivity contribution < 1.29 is 9.26 Å². The lowest BCUT2D eigenvalue weighted by Crippen LogP contribution is -2.20. The molecule has 1 atom stereocenters. The van der Waals surface area contributed by atoms with E-state index < -0.39 is 6.04 Å². The summed E-state index contributed by atoms with van der Waals surface area (Å²) in [6.07, 6.45) is 1.74. The highest BCUT2D eigenvalue weighted by atomic mass is 16.5. The summed E-state index contributed by atoms with van der Waals surface area (Å²) in [5.41, 5.74) is 6.54. The average Bonchev–Trinajstić information content (AvgIpc) is 2.94. The van der Waals surface area contributed by atoms with Crippen LogP contribution in [0.15, 0.2) is 16.8 Å². The van der Waals surface area contributed by atoms with E-state index in [1.54, 1.807) is 12.3 Å². The Morgan fingerprint density at radius 3 is 3.00 bits per heavy atom. The third-order valence-corrected chi connectivity index (χ3v) is 2.11. The largest absolute Gasteiger partial charge is 0.377 e. The number of H-pyrrole nitrogens is 1. The van der Waals surface area contributed by atoms with Gasteiger partial charge < -0.3 is 15.0 Å². The minimum absolute atomic E-state index is 0.125. The fraction of sp³-hybridized carbons (Fsp3) is 0.500. The van der Waals surface area contributed by atoms with Crippen molar-refractivity contribution in [3.05, 3.63) is 18.1 Å². The SMILES string of the molecule is CC(C)OCC(N)c1noc(-c2ccn[nH]2)n1. The summed E-state index contributed by atoms with van der Waals surface area (Å²) < 4.78 is 10.5. The molecule has 0 spiro atoms. The Balaban J connectivity index is 2.03. The quantitative estimate of drug-likeness (QED) is 0.800. The second-order valence-electron chi connectivity index (χ2n) is 3.92. The van der Waals surface area contributed by atoms with Crippen LogP contribution in [0, 0.1) is 0 Å². The molecule has 0 saturated heterocycles. The minimum atomic E-state index is -0.391. The molecule has 0 aliphatic heterocycles. The van der Waals surface area contributed by atoms with Crippen LogP contribution in [0.2, 0.25) is 0 Å². The second-order valence-corrected chi connectivity index (χ2v) is 3.92. The summed E-state index contributed by atoms with van der Waals surface area (Å²) in [5, 5.41) is 10.4. The first kappa shape index (κ1) is 11.7. The molecular weight excluding hydrogens is 222 g/mol. The van der Waals surface area contributed by atoms with E-state index in [9.17, 15) is 0 Å². The summed E-state index contributed by atoms with van der Waals surface area (Å²) in [7, 11) is 0. The monoisotopic (exact) mass is 237 g/mol. The van der Waals surface area contributed by atoms with Gasteiger partial charge in [0.15, 0.2) is 5.82 Å². The first-order valence-electron chi connectivity index (χ1n) is 5.37. The Hall–Kier alpha value is -1.73. The van der Waals surface area contributed by atoms with Crippen molar-refractivity contribution in [2.24, 2.45) is 5.73 Å². The lowest BCUT2D eigenvalue weighted by molar-refractivity contribution is 0.0665. The molecular formula is C10H15N5O2. The fourth-order valence-corrected chi connectivity index (χ4v) is 1.24. The van der Waals surface area contributed by atoms with Crippen molar-refractivity contribution in [3.8, 4) is 11.6 Å². The van der Waals surface area contributed by atoms with E-state index in [0.29, 0.717) is 24.0 Å². The van der Waals surface area contributed by atoms with Gasteiger partial charge >= 0.3 is 0 Å². The van der Waals surface area contributed by atoms with Crippen LogP contribution in [0.4, 0.5) is 0 Å². The molecule has 0 bridgehead atoms. The van der Waals surface area contributed by atoms with E-state index >= 15 is 0 Å². The van der Waals surface area contributed by atoms with Crippen molar-refractivity contribution >= 4 is 0 Å². The number of nitrogens with one attached hydrogen (secondary N) is 1. The maximum Gasteiger partial charge on any atom is 0.275 e. The molecule has 92 valence electrons. The zero-order valence-electron chi connectivity index (χ0n) is 9.75. The van der Waals surface area contributed by atoms with Crippen LogP contribution in [0.25, 0.3) is 11.6 Å². The lowest BCUT2D eigenvalue weighted by atomic mass is 10.3. The predicted octanol–water partition coefficient (Wildman–Crippen LogP) is 0.885. The number of hydrogen-bond donors (Lipinski definition) is 2. The first-order chi connectivity index (χ1) is 8.16. The number of hydrogen-bond acceptors (Lipinski definition) is 6. The highest BCUT2D eigenvalue weighted by molar-refractivity contribution is 5.44. The topological polar surface area (TPSA) is 103 Å². The zero-order chi connectivity index (χ0) is 12.3. The van der Waals surface area contributed by atoms with Gasteiger partial charge in [-0.3, -0.25) is 5.10 Å². The first-order valence-corrected chi connectivity index (χ1v) is 5.37. The molecule has 2 aromatic heterocycles. The molecule has 0 aromatic carbocycles. The van der Waals surface area contributed by atoms with Gasteiger partial charge in [0.1, 0.15) is 5.69 Å². The second kappa shape index (κ2) is 5.07. The summed E-state index contributed by atoms with van der Waals surface area (Å²) in [6.45, 7) is 4.25. The van der Waals surface area contributed by atoms with Gasteiger partial charge in [0.2, 0.25) is 0 Å². The predicted molar refractivity (Wildman–Crippen MR) is 59.9 cm³/mol. The smallest absolute Gasteiger partial charge is 0.275 e. The van der Waals surface area contributed by atoms with Crippen molar-refractivity contribution in [2.75, 3.05) is 6.61 Å². The molecule has 3 N–H and O–H groups in total. The molecule has 2 heterocycles. The minimum Gasteiger partial charge on any atom is -0.377 e. The lowest BCUT2D eigenvalue weighted by Gasteiger charge is -2.10. The van der Waals surface area contributed by atoms with Crippen LogP contribution >= 0.6 is 0 Å². The van der Waals surface area contributed by atoms with Gasteiger partial charge in [-0.15, -0.1) is 0 Å². The molecule has 7 nitrogen and oxygen atoms in total. The maximum absolute atomic E-state index is 5.87. The third-order valence-electron chi connectivity index (χ3n) is 2.11. The zero-order valence-corrected chi connectivity index (χ0v) is 9.75. The van der Waals surface area contributed by atoms with E-state index in [-0.39, 0.29) is 6.10 Å². The number of aromatic amines is 1. The van der Waals surface area contributed by atoms with Crippen molar-refractivity contribution in [2.45, 2.75) is 26.0 Å². The van der Waals surface area contributed by atoms with Gasteiger partial charge in [-0.2, -0.15) is 10.1 Å². The van der Waals surface area contributed by atoms with Crippen molar-refractivity contribution in [3.63, 3.8) is 0 Å². The van der Waals surface area contributed by atoms with Crippen LogP contribution in [0.3, 0.4) is 0 Å². The molecule has 7 heteroatoms. The van der Waals surface area contributed by atoms with Gasteiger partial charge in [-0.25, -0.2) is 0 Å². The Bertz CT molecular complexity index is 451. The Morgan fingerprint density at radius 1 is 1.53 bits per heavy atom. The van der Waals surface area contributed by atoms with Gasteiger partial charge in [-0.05, 0) is 19.9 Å². The Labute approximate surface area is 98.3 Å². The highest BCUT2D eigenvalue weighted by Gasteiger charge is 2.16. The average molecular weight is 237 g/mol. The van der Waals surface area contributed by atoms with E-state index in [4.69, 9.17) is 15.0 Å². The van der Waals surface area contributed by atoms with E-state index in [2.05, 4.69) is 20.3 Å². The molecule has 0 saturated carbocycles. The van der Waals surface area contributed by atoms with Crippen LogP contribution < -0.4 is 5.73 Å². The fourth-order valence-electron chi connectivity index (χ4n) is 1.24. The number of nitrogens with zero attached hydrogens (tertiary/aromatic N) is 3. The van der Waals surface area contributed by atoms with Crippen LogP contribution in [0.1, 0.15) is 25.7 Å². The summed E-state index contributed by atoms with van der Waals surface area (Å²) in [6, 6.07) is 1.35. The molecule has 0 amide bonds. The van der Waals surface area contributed by atoms with Gasteiger partial charge in [0.05, 0.1) is 18.8 Å². The van der Waals surface area contributed by atoms with Crippen molar-refractivity contribution in [1.29, 1.82) is 0 Å². The number of nitrogens with two attached hydrogens (primary N) is 1. The molecule has 0 fully saturated rings. The van der Waals surface area contributed by atoms with Crippen LogP contribution in [-0.2, 0) is 4.74 Å². The molecule has 17 heavy (non-hydrogen) atoms. The molecule has 2 rings (SSSR count). The maximum atomic E-state index is 5.87. The van der Waals surface area contributed by atoms with Gasteiger partial charge in [0, 0.05) is 6.20 Å². The molecule has 1 unspecified atom stereocenters. The number of rotatable bonds is 5. The molecule has 2 aromatic rings. The van der Waals surface area contributed by atoms with Crippen LogP contribution in [-0.4, -0.2) is 33.0 Å². The Kier molecular flexibility index (Phi) is 3.50. The molecule has 0 radical (unpaired) electrons. The van der Waals surface area contributed by atoms with Crippen molar-refractivity contribution in [1.82, 2.24) is 20.3 Å². The standard InChI is InChI=1S/C10H15N5O2/c1-6(2)16-5-7(11)9-13-10(17-15-9)8-3-4-12-14-8/h3-4,6-7H,5,11H2,1-2H3,(H,12,14). The Morgan fingerprint density at radius 2 is 2.35 bits per heavy atom. The third kappa shape index (κ3) is 2.89. The van der Waals surface area contributed by atoms with Gasteiger partial charge in [0.25, 0.3) is 5.89 Å². The van der Waals surface area contributed by atoms with Gasteiger partial charge in [-0.1, -0.05) is 5.16 Å². The number of ether oxygens (including phenoxy) is 1.